The minimum Gasteiger partial charge on any atom is -0.497 e. The molecule has 1 aliphatic rings. The molecule has 32 heavy (non-hydrogen) atoms. The van der Waals surface area contributed by atoms with Crippen molar-refractivity contribution in [3.63, 3.8) is 0 Å². The van der Waals surface area contributed by atoms with Crippen LogP contribution in [0.4, 0.5) is 5.69 Å². The van der Waals surface area contributed by atoms with Crippen LogP contribution >= 0.6 is 0 Å². The number of piperazine rings is 1. The van der Waals surface area contributed by atoms with E-state index in [2.05, 4.69) is 24.1 Å². The number of hydrogen-bond donors (Lipinski definition) is 1. The molecule has 2 aromatic rings. The Balaban J connectivity index is 1.57. The van der Waals surface area contributed by atoms with Gasteiger partial charge in [-0.2, -0.15) is 0 Å². The van der Waals surface area contributed by atoms with Crippen LogP contribution in [0.3, 0.4) is 0 Å². The van der Waals surface area contributed by atoms with Gasteiger partial charge in [0.05, 0.1) is 25.9 Å². The van der Waals surface area contributed by atoms with E-state index in [4.69, 9.17) is 9.47 Å². The lowest BCUT2D eigenvalue weighted by atomic mass is 10.0. The van der Waals surface area contributed by atoms with Gasteiger partial charge < -0.3 is 19.7 Å². The maximum atomic E-state index is 12.9. The van der Waals surface area contributed by atoms with Crippen LogP contribution in [0.25, 0.3) is 0 Å². The Labute approximate surface area is 190 Å². The Morgan fingerprint density at radius 1 is 0.906 bits per heavy atom. The number of nitrogens with zero attached hydrogens (tertiary/aromatic N) is 2. The summed E-state index contributed by atoms with van der Waals surface area (Å²) >= 11 is 0. The molecule has 7 heteroatoms. The summed E-state index contributed by atoms with van der Waals surface area (Å²) in [5.74, 6) is 1.57. The molecule has 3 rings (SSSR count). The average Bonchev–Trinajstić information content (AvgIpc) is 2.83. The molecule has 0 bridgehead atoms. The Morgan fingerprint density at radius 2 is 1.56 bits per heavy atom. The number of nitrogens with one attached hydrogen (secondary N) is 1. The van der Waals surface area contributed by atoms with Crippen molar-refractivity contribution in [3.05, 3.63) is 53.6 Å². The predicted molar refractivity (Wildman–Crippen MR) is 126 cm³/mol. The van der Waals surface area contributed by atoms with Gasteiger partial charge in [-0.05, 0) is 42.7 Å². The number of benzene rings is 2. The van der Waals surface area contributed by atoms with Crippen LogP contribution in [0.15, 0.2) is 42.5 Å². The second kappa shape index (κ2) is 10.5. The Morgan fingerprint density at radius 3 is 2.12 bits per heavy atom. The second-order valence-corrected chi connectivity index (χ2v) is 8.34. The number of amides is 2. The molecule has 2 aromatic carbocycles. The summed E-state index contributed by atoms with van der Waals surface area (Å²) in [7, 11) is 3.14. The number of carbonyl (C=O) groups excluding carboxylic acids is 2. The van der Waals surface area contributed by atoms with Crippen molar-refractivity contribution < 1.29 is 19.1 Å². The highest BCUT2D eigenvalue weighted by molar-refractivity contribution is 5.96. The van der Waals surface area contributed by atoms with E-state index in [9.17, 15) is 9.59 Å². The maximum absolute atomic E-state index is 12.9. The van der Waals surface area contributed by atoms with Gasteiger partial charge in [0, 0.05) is 37.8 Å². The molecular formula is C25H33N3O4. The molecule has 0 aliphatic carbocycles. The van der Waals surface area contributed by atoms with Crippen molar-refractivity contribution in [1.82, 2.24) is 9.80 Å². The lowest BCUT2D eigenvalue weighted by Crippen LogP contribution is -2.54. The predicted octanol–water partition coefficient (Wildman–Crippen LogP) is 3.61. The maximum Gasteiger partial charge on any atom is 0.253 e. The van der Waals surface area contributed by atoms with E-state index in [-0.39, 0.29) is 17.9 Å². The third-order valence-corrected chi connectivity index (χ3v) is 6.02. The number of methoxy groups -OCH3 is 2. The molecule has 1 atom stereocenters. The average molecular weight is 440 g/mol. The first-order chi connectivity index (χ1) is 15.3. The Bertz CT molecular complexity index is 935. The fraction of sp³-hybridized carbons (Fsp3) is 0.440. The number of hydrogen-bond acceptors (Lipinski definition) is 5. The molecule has 0 radical (unpaired) electrons. The first-order valence-corrected chi connectivity index (χ1v) is 11.0. The summed E-state index contributed by atoms with van der Waals surface area (Å²) in [6.07, 6.45) is 0. The molecule has 7 nitrogen and oxygen atoms in total. The quantitative estimate of drug-likeness (QED) is 0.714. The minimum absolute atomic E-state index is 0.0400. The number of rotatable bonds is 7. The molecular weight excluding hydrogens is 406 g/mol. The van der Waals surface area contributed by atoms with E-state index >= 15 is 0 Å². The normalized spacial score (nSPS) is 15.4. The fourth-order valence-electron chi connectivity index (χ4n) is 3.82. The van der Waals surface area contributed by atoms with Gasteiger partial charge in [0.15, 0.2) is 0 Å². The first-order valence-electron chi connectivity index (χ1n) is 11.0. The molecule has 1 aliphatic heterocycles. The molecule has 1 N–H and O–H groups in total. The van der Waals surface area contributed by atoms with Gasteiger partial charge in [0.25, 0.3) is 5.91 Å². The highest BCUT2D eigenvalue weighted by Gasteiger charge is 2.28. The van der Waals surface area contributed by atoms with Crippen molar-refractivity contribution in [2.24, 2.45) is 0 Å². The molecule has 0 aromatic heterocycles. The van der Waals surface area contributed by atoms with Gasteiger partial charge >= 0.3 is 0 Å². The topological polar surface area (TPSA) is 71.1 Å². The lowest BCUT2D eigenvalue weighted by molar-refractivity contribution is -0.121. The minimum atomic E-state index is -0.339. The Kier molecular flexibility index (Phi) is 7.75. The van der Waals surface area contributed by atoms with Gasteiger partial charge in [-0.25, -0.2) is 0 Å². The molecule has 0 spiro atoms. The van der Waals surface area contributed by atoms with Gasteiger partial charge in [-0.15, -0.1) is 0 Å². The Hall–Kier alpha value is -3.06. The summed E-state index contributed by atoms with van der Waals surface area (Å²) in [5, 5.41) is 2.94. The van der Waals surface area contributed by atoms with Crippen LogP contribution in [-0.2, 0) is 4.79 Å². The summed E-state index contributed by atoms with van der Waals surface area (Å²) < 4.78 is 10.6. The van der Waals surface area contributed by atoms with Crippen molar-refractivity contribution >= 4 is 17.5 Å². The van der Waals surface area contributed by atoms with E-state index in [1.165, 1.54) is 5.56 Å². The monoisotopic (exact) mass is 439 g/mol. The van der Waals surface area contributed by atoms with Crippen LogP contribution < -0.4 is 14.8 Å². The van der Waals surface area contributed by atoms with E-state index < -0.39 is 0 Å². The third kappa shape index (κ3) is 5.40. The van der Waals surface area contributed by atoms with E-state index in [1.807, 2.05) is 36.1 Å². The van der Waals surface area contributed by atoms with Crippen molar-refractivity contribution in [3.8, 4) is 11.5 Å². The van der Waals surface area contributed by atoms with Crippen LogP contribution in [-0.4, -0.2) is 68.1 Å². The molecule has 172 valence electrons. The summed E-state index contributed by atoms with van der Waals surface area (Å²) in [5.41, 5.74) is 2.50. The first kappa shape index (κ1) is 23.6. The molecule has 1 unspecified atom stereocenters. The smallest absolute Gasteiger partial charge is 0.253 e. The largest absolute Gasteiger partial charge is 0.497 e. The third-order valence-electron chi connectivity index (χ3n) is 6.02. The summed E-state index contributed by atoms with van der Waals surface area (Å²) in [4.78, 5) is 29.7. The lowest BCUT2D eigenvalue weighted by Gasteiger charge is -2.37. The molecule has 1 heterocycles. The van der Waals surface area contributed by atoms with Crippen LogP contribution in [0, 0.1) is 0 Å². The fourth-order valence-corrected chi connectivity index (χ4v) is 3.82. The standard InChI is InChI=1S/C25H33N3O4/c1-17(2)19-6-8-20(9-7-19)25(30)28-14-12-27(13-15-28)18(3)24(29)26-22-16-21(31-4)10-11-23(22)32-5/h6-11,16-18H,12-15H2,1-5H3,(H,26,29). The van der Waals surface area contributed by atoms with E-state index in [0.717, 1.165) is 0 Å². The molecule has 1 saturated heterocycles. The number of ether oxygens (including phenoxy) is 2. The van der Waals surface area contributed by atoms with Crippen LogP contribution in [0.2, 0.25) is 0 Å². The second-order valence-electron chi connectivity index (χ2n) is 8.34. The zero-order valence-corrected chi connectivity index (χ0v) is 19.6. The SMILES string of the molecule is COc1ccc(OC)c(NC(=O)C(C)N2CCN(C(=O)c3ccc(C(C)C)cc3)CC2)c1. The van der Waals surface area contributed by atoms with Crippen molar-refractivity contribution in [2.45, 2.75) is 32.7 Å². The highest BCUT2D eigenvalue weighted by atomic mass is 16.5. The van der Waals surface area contributed by atoms with Gasteiger partial charge in [-0.1, -0.05) is 26.0 Å². The summed E-state index contributed by atoms with van der Waals surface area (Å²) in [6.45, 7) is 8.61. The van der Waals surface area contributed by atoms with Crippen molar-refractivity contribution in [2.75, 3.05) is 45.7 Å². The molecule has 2 amide bonds. The zero-order valence-electron chi connectivity index (χ0n) is 19.6. The van der Waals surface area contributed by atoms with Gasteiger partial charge in [-0.3, -0.25) is 14.5 Å². The van der Waals surface area contributed by atoms with E-state index in [0.29, 0.717) is 54.8 Å². The van der Waals surface area contributed by atoms with Gasteiger partial charge in [0.1, 0.15) is 11.5 Å². The highest BCUT2D eigenvalue weighted by Crippen LogP contribution is 2.29. The number of anilines is 1. The van der Waals surface area contributed by atoms with Crippen LogP contribution in [0.1, 0.15) is 42.6 Å². The molecule has 0 saturated carbocycles. The van der Waals surface area contributed by atoms with Crippen LogP contribution in [0.5, 0.6) is 11.5 Å². The van der Waals surface area contributed by atoms with Gasteiger partial charge in [0.2, 0.25) is 5.91 Å². The molecule has 1 fully saturated rings. The number of carbonyl (C=O) groups is 2. The zero-order chi connectivity index (χ0) is 23.3. The van der Waals surface area contributed by atoms with E-state index in [1.54, 1.807) is 32.4 Å². The van der Waals surface area contributed by atoms with Crippen molar-refractivity contribution in [1.29, 1.82) is 0 Å². The summed E-state index contributed by atoms with van der Waals surface area (Å²) in [6, 6.07) is 12.8.